The fourth-order valence-corrected chi connectivity index (χ4v) is 2.64. The highest BCUT2D eigenvalue weighted by atomic mass is 79.9. The average molecular weight is 297 g/mol. The molecule has 2 rings (SSSR count). The predicted octanol–water partition coefficient (Wildman–Crippen LogP) is 1.64. The molecule has 0 spiro atoms. The molecular formula is C12H13BrN2O2. The number of carbonyl (C=O) groups excluding carboxylic acids is 2. The first-order valence-corrected chi connectivity index (χ1v) is 6.22. The van der Waals surface area contributed by atoms with Crippen LogP contribution in [0, 0.1) is 6.92 Å². The minimum atomic E-state index is -0.449. The lowest BCUT2D eigenvalue weighted by Crippen LogP contribution is -2.32. The Labute approximate surface area is 108 Å². The van der Waals surface area contributed by atoms with E-state index in [1.807, 2.05) is 13.0 Å². The van der Waals surface area contributed by atoms with Gasteiger partial charge in [0, 0.05) is 11.0 Å². The summed E-state index contributed by atoms with van der Waals surface area (Å²) in [5.41, 5.74) is 7.58. The van der Waals surface area contributed by atoms with Crippen LogP contribution in [0.15, 0.2) is 16.6 Å². The van der Waals surface area contributed by atoms with Crippen molar-refractivity contribution in [1.82, 2.24) is 0 Å². The molecule has 1 aliphatic rings. The molecule has 0 saturated heterocycles. The van der Waals surface area contributed by atoms with Gasteiger partial charge in [0.2, 0.25) is 0 Å². The molecule has 0 bridgehead atoms. The van der Waals surface area contributed by atoms with E-state index in [-0.39, 0.29) is 0 Å². The number of ketones is 1. The van der Waals surface area contributed by atoms with Crippen LogP contribution in [-0.4, -0.2) is 24.8 Å². The number of aryl methyl sites for hydroxylation is 1. The van der Waals surface area contributed by atoms with Crippen LogP contribution in [0.4, 0.5) is 5.69 Å². The van der Waals surface area contributed by atoms with Gasteiger partial charge in [0.15, 0.2) is 0 Å². The summed E-state index contributed by atoms with van der Waals surface area (Å²) in [4.78, 5) is 25.2. The van der Waals surface area contributed by atoms with Gasteiger partial charge < -0.3 is 10.6 Å². The Morgan fingerprint density at radius 2 is 2.06 bits per heavy atom. The molecule has 17 heavy (non-hydrogen) atoms. The number of rotatable bonds is 3. The SMILES string of the molecule is Cc1cc(Br)cc2c1N(CCCN)C(=O)C2=O. The Kier molecular flexibility index (Phi) is 3.31. The van der Waals surface area contributed by atoms with E-state index in [0.29, 0.717) is 25.1 Å². The molecule has 0 radical (unpaired) electrons. The van der Waals surface area contributed by atoms with Crippen molar-refractivity contribution in [2.24, 2.45) is 5.73 Å². The highest BCUT2D eigenvalue weighted by molar-refractivity contribution is 9.10. The van der Waals surface area contributed by atoms with Crippen molar-refractivity contribution in [3.05, 3.63) is 27.7 Å². The van der Waals surface area contributed by atoms with Crippen LogP contribution < -0.4 is 10.6 Å². The number of Topliss-reactive ketones (excluding diaryl/α,β-unsaturated/α-hetero) is 1. The summed E-state index contributed by atoms with van der Waals surface area (Å²) in [6.07, 6.45) is 0.688. The van der Waals surface area contributed by atoms with Crippen LogP contribution in [0.25, 0.3) is 0 Å². The largest absolute Gasteiger partial charge is 0.330 e. The highest BCUT2D eigenvalue weighted by Crippen LogP contribution is 2.34. The molecule has 0 atom stereocenters. The van der Waals surface area contributed by atoms with E-state index >= 15 is 0 Å². The molecule has 1 amide bonds. The summed E-state index contributed by atoms with van der Waals surface area (Å²) >= 11 is 3.33. The number of nitrogens with two attached hydrogens (primary N) is 1. The average Bonchev–Trinajstić information content (AvgIpc) is 2.51. The zero-order valence-corrected chi connectivity index (χ0v) is 11.1. The zero-order chi connectivity index (χ0) is 12.6. The minimum absolute atomic E-state index is 0.429. The van der Waals surface area contributed by atoms with Gasteiger partial charge in [0.1, 0.15) is 0 Å². The molecule has 1 aromatic rings. The summed E-state index contributed by atoms with van der Waals surface area (Å²) in [5.74, 6) is -0.879. The fourth-order valence-electron chi connectivity index (χ4n) is 2.07. The van der Waals surface area contributed by atoms with Crippen LogP contribution in [0.2, 0.25) is 0 Å². The quantitative estimate of drug-likeness (QED) is 0.863. The topological polar surface area (TPSA) is 63.4 Å². The number of amides is 1. The number of carbonyl (C=O) groups is 2. The Morgan fingerprint density at radius 1 is 1.35 bits per heavy atom. The van der Waals surface area contributed by atoms with Gasteiger partial charge in [-0.25, -0.2) is 0 Å². The summed E-state index contributed by atoms with van der Waals surface area (Å²) in [6.45, 7) is 2.89. The molecule has 2 N–H and O–H groups in total. The van der Waals surface area contributed by atoms with Crippen molar-refractivity contribution in [3.8, 4) is 0 Å². The van der Waals surface area contributed by atoms with Crippen LogP contribution in [-0.2, 0) is 4.79 Å². The van der Waals surface area contributed by atoms with E-state index in [1.165, 1.54) is 4.90 Å². The first-order valence-electron chi connectivity index (χ1n) is 5.42. The van der Waals surface area contributed by atoms with Crippen LogP contribution in [0.5, 0.6) is 0 Å². The maximum absolute atomic E-state index is 11.9. The smallest absolute Gasteiger partial charge is 0.299 e. The number of hydrogen-bond donors (Lipinski definition) is 1. The van der Waals surface area contributed by atoms with Gasteiger partial charge in [0.05, 0.1) is 11.3 Å². The van der Waals surface area contributed by atoms with Gasteiger partial charge >= 0.3 is 0 Å². The van der Waals surface area contributed by atoms with Gasteiger partial charge in [-0.15, -0.1) is 0 Å². The second kappa shape index (κ2) is 4.58. The van der Waals surface area contributed by atoms with Gasteiger partial charge in [-0.05, 0) is 37.6 Å². The molecule has 1 heterocycles. The van der Waals surface area contributed by atoms with Crippen molar-refractivity contribution < 1.29 is 9.59 Å². The first kappa shape index (κ1) is 12.3. The normalized spacial score (nSPS) is 14.4. The molecule has 0 unspecified atom stereocenters. The maximum atomic E-state index is 11.9. The number of hydrogen-bond acceptors (Lipinski definition) is 3. The number of halogens is 1. The minimum Gasteiger partial charge on any atom is -0.330 e. The van der Waals surface area contributed by atoms with E-state index in [9.17, 15) is 9.59 Å². The van der Waals surface area contributed by atoms with Gasteiger partial charge in [0.25, 0.3) is 11.7 Å². The second-order valence-corrected chi connectivity index (χ2v) is 4.96. The lowest BCUT2D eigenvalue weighted by molar-refractivity contribution is -0.114. The van der Waals surface area contributed by atoms with Crippen molar-refractivity contribution in [2.45, 2.75) is 13.3 Å². The number of nitrogens with zero attached hydrogens (tertiary/aromatic N) is 1. The van der Waals surface area contributed by atoms with Crippen LogP contribution >= 0.6 is 15.9 Å². The molecule has 90 valence electrons. The third-order valence-corrected chi connectivity index (χ3v) is 3.26. The third kappa shape index (κ3) is 2.00. The molecule has 0 aromatic heterocycles. The summed E-state index contributed by atoms with van der Waals surface area (Å²) in [6, 6.07) is 3.60. The molecule has 1 aromatic carbocycles. The van der Waals surface area contributed by atoms with E-state index in [1.54, 1.807) is 6.07 Å². The maximum Gasteiger partial charge on any atom is 0.299 e. The van der Waals surface area contributed by atoms with E-state index in [4.69, 9.17) is 5.73 Å². The van der Waals surface area contributed by atoms with Crippen molar-refractivity contribution in [2.75, 3.05) is 18.0 Å². The highest BCUT2D eigenvalue weighted by Gasteiger charge is 2.36. The zero-order valence-electron chi connectivity index (χ0n) is 9.50. The number of anilines is 1. The first-order chi connectivity index (χ1) is 8.06. The third-order valence-electron chi connectivity index (χ3n) is 2.81. The van der Waals surface area contributed by atoms with Gasteiger partial charge in [-0.2, -0.15) is 0 Å². The predicted molar refractivity (Wildman–Crippen MR) is 69.2 cm³/mol. The van der Waals surface area contributed by atoms with E-state index < -0.39 is 11.7 Å². The molecule has 0 fully saturated rings. The van der Waals surface area contributed by atoms with Crippen molar-refractivity contribution in [3.63, 3.8) is 0 Å². The standard InChI is InChI=1S/C12H13BrN2O2/c1-7-5-8(13)6-9-10(7)15(4-2-3-14)12(17)11(9)16/h5-6H,2-4,14H2,1H3. The second-order valence-electron chi connectivity index (χ2n) is 4.05. The fraction of sp³-hybridized carbons (Fsp3) is 0.333. The molecular weight excluding hydrogens is 284 g/mol. The van der Waals surface area contributed by atoms with E-state index in [2.05, 4.69) is 15.9 Å². The lowest BCUT2D eigenvalue weighted by Gasteiger charge is -2.18. The van der Waals surface area contributed by atoms with E-state index in [0.717, 1.165) is 15.7 Å². The van der Waals surface area contributed by atoms with Gasteiger partial charge in [-0.3, -0.25) is 9.59 Å². The number of fused-ring (bicyclic) bond motifs is 1. The van der Waals surface area contributed by atoms with Crippen molar-refractivity contribution in [1.29, 1.82) is 0 Å². The summed E-state index contributed by atoms with van der Waals surface area (Å²) in [7, 11) is 0. The summed E-state index contributed by atoms with van der Waals surface area (Å²) < 4.78 is 0.815. The molecule has 0 aliphatic carbocycles. The Hall–Kier alpha value is -1.20. The molecule has 4 nitrogen and oxygen atoms in total. The molecule has 5 heteroatoms. The monoisotopic (exact) mass is 296 g/mol. The molecule has 0 saturated carbocycles. The van der Waals surface area contributed by atoms with Crippen LogP contribution in [0.3, 0.4) is 0 Å². The van der Waals surface area contributed by atoms with Crippen molar-refractivity contribution >= 4 is 33.3 Å². The Morgan fingerprint density at radius 3 is 2.71 bits per heavy atom. The molecule has 1 aliphatic heterocycles. The number of benzene rings is 1. The summed E-state index contributed by atoms with van der Waals surface area (Å²) in [5, 5.41) is 0. The van der Waals surface area contributed by atoms with Gasteiger partial charge in [-0.1, -0.05) is 15.9 Å². The lowest BCUT2D eigenvalue weighted by atomic mass is 10.1. The Bertz CT molecular complexity index is 500. The van der Waals surface area contributed by atoms with Crippen LogP contribution in [0.1, 0.15) is 22.3 Å². The Balaban J connectivity index is 2.48.